The van der Waals surface area contributed by atoms with Gasteiger partial charge in [-0.1, -0.05) is 26.2 Å². The van der Waals surface area contributed by atoms with Gasteiger partial charge in [0, 0.05) is 5.56 Å². The molecule has 0 radical (unpaired) electrons. The van der Waals surface area contributed by atoms with E-state index in [1.54, 1.807) is 6.92 Å². The summed E-state index contributed by atoms with van der Waals surface area (Å²) < 4.78 is 5.32. The Balaban J connectivity index is 3.13. The third kappa shape index (κ3) is 3.79. The maximum Gasteiger partial charge on any atom is 0.336 e. The van der Waals surface area contributed by atoms with Crippen molar-refractivity contribution in [2.45, 2.75) is 46.0 Å². The van der Waals surface area contributed by atoms with E-state index in [1.807, 2.05) is 0 Å². The average Bonchev–Trinajstić information content (AvgIpc) is 2.41. The van der Waals surface area contributed by atoms with Gasteiger partial charge in [-0.3, -0.25) is 0 Å². The maximum absolute atomic E-state index is 11.3. The first-order chi connectivity index (χ1) is 9.52. The Labute approximate surface area is 118 Å². The molecule has 0 aliphatic carbocycles. The molecule has 0 fully saturated rings. The van der Waals surface area contributed by atoms with E-state index in [4.69, 9.17) is 4.74 Å². The Morgan fingerprint density at radius 1 is 1.20 bits per heavy atom. The molecule has 5 heteroatoms. The van der Waals surface area contributed by atoms with Gasteiger partial charge < -0.3 is 20.1 Å². The molecule has 20 heavy (non-hydrogen) atoms. The molecular weight excluding hydrogens is 260 g/mol. The van der Waals surface area contributed by atoms with Crippen LogP contribution in [0.1, 0.15) is 55.5 Å². The first-order valence-electron chi connectivity index (χ1n) is 6.96. The van der Waals surface area contributed by atoms with Gasteiger partial charge in [-0.15, -0.1) is 0 Å². The van der Waals surface area contributed by atoms with Crippen molar-refractivity contribution in [3.8, 4) is 17.2 Å². The molecule has 1 aromatic rings. The fourth-order valence-corrected chi connectivity index (χ4v) is 2.14. The van der Waals surface area contributed by atoms with E-state index in [9.17, 15) is 20.1 Å². The van der Waals surface area contributed by atoms with Gasteiger partial charge in [0.15, 0.2) is 11.5 Å². The van der Waals surface area contributed by atoms with Gasteiger partial charge >= 0.3 is 5.97 Å². The second-order valence-electron chi connectivity index (χ2n) is 4.65. The van der Waals surface area contributed by atoms with E-state index < -0.39 is 11.7 Å². The molecular formula is C15H22O5. The van der Waals surface area contributed by atoms with Crippen LogP contribution in [0.25, 0.3) is 0 Å². The lowest BCUT2D eigenvalue weighted by Gasteiger charge is -2.15. The Morgan fingerprint density at radius 3 is 2.45 bits per heavy atom. The number of unbranched alkanes of at least 4 members (excludes halogenated alkanes) is 3. The average molecular weight is 282 g/mol. The number of aromatic carboxylic acids is 1. The Bertz CT molecular complexity index is 468. The second-order valence-corrected chi connectivity index (χ2v) is 4.65. The lowest BCUT2D eigenvalue weighted by atomic mass is 9.98. The number of rotatable bonds is 8. The quantitative estimate of drug-likeness (QED) is 0.503. The van der Waals surface area contributed by atoms with E-state index in [1.165, 1.54) is 0 Å². The van der Waals surface area contributed by atoms with Crippen molar-refractivity contribution in [2.24, 2.45) is 0 Å². The fraction of sp³-hybridized carbons (Fsp3) is 0.533. The summed E-state index contributed by atoms with van der Waals surface area (Å²) in [5, 5.41) is 28.7. The van der Waals surface area contributed by atoms with Gasteiger partial charge in [-0.05, 0) is 25.8 Å². The molecule has 5 nitrogen and oxygen atoms in total. The summed E-state index contributed by atoms with van der Waals surface area (Å²) in [7, 11) is 0. The molecule has 0 saturated carbocycles. The van der Waals surface area contributed by atoms with Crippen LogP contribution in [0.5, 0.6) is 17.2 Å². The Kier molecular flexibility index (Phi) is 6.15. The summed E-state index contributed by atoms with van der Waals surface area (Å²) in [5.74, 6) is -1.90. The van der Waals surface area contributed by atoms with Gasteiger partial charge in [0.25, 0.3) is 0 Å². The minimum Gasteiger partial charge on any atom is -0.504 e. The number of hydrogen-bond donors (Lipinski definition) is 3. The normalized spacial score (nSPS) is 10.5. The van der Waals surface area contributed by atoms with E-state index in [-0.39, 0.29) is 23.7 Å². The lowest BCUT2D eigenvalue weighted by Crippen LogP contribution is -2.07. The van der Waals surface area contributed by atoms with E-state index in [0.29, 0.717) is 12.0 Å². The largest absolute Gasteiger partial charge is 0.504 e. The SMILES string of the molecule is CCCCCCc1c(C(=O)O)cc(O)c(O)c1OCC. The molecule has 0 spiro atoms. The van der Waals surface area contributed by atoms with Crippen LogP contribution in [0.4, 0.5) is 0 Å². The highest BCUT2D eigenvalue weighted by molar-refractivity contribution is 5.91. The standard InChI is InChI=1S/C15H22O5/c1-3-5-6-7-8-10-11(15(18)19)9-12(16)13(17)14(10)20-4-2/h9,16-17H,3-8H2,1-2H3,(H,18,19). The van der Waals surface area contributed by atoms with E-state index >= 15 is 0 Å². The highest BCUT2D eigenvalue weighted by Gasteiger charge is 2.22. The third-order valence-corrected chi connectivity index (χ3v) is 3.14. The first kappa shape index (κ1) is 16.1. The first-order valence-corrected chi connectivity index (χ1v) is 6.96. The summed E-state index contributed by atoms with van der Waals surface area (Å²) in [6.07, 6.45) is 4.48. The number of carbonyl (C=O) groups is 1. The van der Waals surface area contributed by atoms with Crippen molar-refractivity contribution in [1.29, 1.82) is 0 Å². The monoisotopic (exact) mass is 282 g/mol. The number of carboxylic acid groups (broad SMARTS) is 1. The molecule has 1 aromatic carbocycles. The van der Waals surface area contributed by atoms with Crippen molar-refractivity contribution in [3.05, 3.63) is 17.2 Å². The molecule has 0 amide bonds. The van der Waals surface area contributed by atoms with Crippen LogP contribution < -0.4 is 4.74 Å². The molecule has 1 rings (SSSR count). The van der Waals surface area contributed by atoms with Crippen molar-refractivity contribution < 1.29 is 24.9 Å². The number of hydrogen-bond acceptors (Lipinski definition) is 4. The summed E-state index contributed by atoms with van der Waals surface area (Å²) in [6.45, 7) is 4.13. The molecule has 3 N–H and O–H groups in total. The molecule has 0 aliphatic rings. The molecule has 0 aromatic heterocycles. The lowest BCUT2D eigenvalue weighted by molar-refractivity contribution is 0.0694. The van der Waals surface area contributed by atoms with Crippen molar-refractivity contribution in [1.82, 2.24) is 0 Å². The minimum absolute atomic E-state index is 0.0137. The summed E-state index contributed by atoms with van der Waals surface area (Å²) in [5.41, 5.74) is 0.436. The number of ether oxygens (including phenoxy) is 1. The predicted octanol–water partition coefficient (Wildman–Crippen LogP) is 3.32. The van der Waals surface area contributed by atoms with Crippen LogP contribution in [0.2, 0.25) is 0 Å². The number of carboxylic acids is 1. The maximum atomic E-state index is 11.3. The topological polar surface area (TPSA) is 87.0 Å². The van der Waals surface area contributed by atoms with Crippen molar-refractivity contribution in [2.75, 3.05) is 6.61 Å². The number of aromatic hydroxyl groups is 2. The van der Waals surface area contributed by atoms with Crippen LogP contribution in [0, 0.1) is 0 Å². The van der Waals surface area contributed by atoms with Gasteiger partial charge in [0.2, 0.25) is 5.75 Å². The van der Waals surface area contributed by atoms with E-state index in [0.717, 1.165) is 31.7 Å². The summed E-state index contributed by atoms with van der Waals surface area (Å²) >= 11 is 0. The van der Waals surface area contributed by atoms with Crippen molar-refractivity contribution >= 4 is 5.97 Å². The van der Waals surface area contributed by atoms with Crippen LogP contribution in [-0.4, -0.2) is 27.9 Å². The minimum atomic E-state index is -1.13. The molecule has 0 unspecified atom stereocenters. The van der Waals surface area contributed by atoms with Crippen molar-refractivity contribution in [3.63, 3.8) is 0 Å². The zero-order valence-electron chi connectivity index (χ0n) is 12.0. The second kappa shape index (κ2) is 7.62. The molecule has 0 atom stereocenters. The fourth-order valence-electron chi connectivity index (χ4n) is 2.14. The van der Waals surface area contributed by atoms with Gasteiger partial charge in [-0.25, -0.2) is 4.79 Å². The Hall–Kier alpha value is -1.91. The molecule has 0 bridgehead atoms. The third-order valence-electron chi connectivity index (χ3n) is 3.14. The smallest absolute Gasteiger partial charge is 0.336 e. The highest BCUT2D eigenvalue weighted by atomic mass is 16.5. The van der Waals surface area contributed by atoms with Gasteiger partial charge in [0.05, 0.1) is 12.2 Å². The van der Waals surface area contributed by atoms with Crippen LogP contribution in [0.15, 0.2) is 6.07 Å². The van der Waals surface area contributed by atoms with Gasteiger partial charge in [-0.2, -0.15) is 0 Å². The zero-order valence-corrected chi connectivity index (χ0v) is 12.0. The number of phenols is 2. The predicted molar refractivity (Wildman–Crippen MR) is 75.7 cm³/mol. The van der Waals surface area contributed by atoms with Crippen LogP contribution in [-0.2, 0) is 6.42 Å². The number of benzene rings is 1. The molecule has 0 saturated heterocycles. The highest BCUT2D eigenvalue weighted by Crippen LogP contribution is 2.41. The summed E-state index contributed by atoms with van der Waals surface area (Å²) in [4.78, 5) is 11.3. The molecule has 112 valence electrons. The van der Waals surface area contributed by atoms with Crippen LogP contribution in [0.3, 0.4) is 0 Å². The molecule has 0 heterocycles. The summed E-state index contributed by atoms with van der Waals surface area (Å²) in [6, 6.07) is 1.08. The Morgan fingerprint density at radius 2 is 1.90 bits per heavy atom. The molecule has 0 aliphatic heterocycles. The van der Waals surface area contributed by atoms with Crippen LogP contribution >= 0.6 is 0 Å². The van der Waals surface area contributed by atoms with E-state index in [2.05, 4.69) is 6.92 Å². The zero-order chi connectivity index (χ0) is 15.1. The number of phenolic OH excluding ortho intramolecular Hbond substituents is 2. The van der Waals surface area contributed by atoms with Gasteiger partial charge in [0.1, 0.15) is 0 Å².